The molecule has 0 amide bonds. The van der Waals surface area contributed by atoms with Crippen molar-refractivity contribution in [3.8, 4) is 22.3 Å². The molecule has 3 heteroatoms. The van der Waals surface area contributed by atoms with E-state index in [0.29, 0.717) is 0 Å². The number of hydrogen-bond donors (Lipinski definition) is 0. The van der Waals surface area contributed by atoms with Gasteiger partial charge in [-0.05, 0) is 107 Å². The molecule has 0 fully saturated rings. The Morgan fingerprint density at radius 1 is 0.377 bits per heavy atom. The molecule has 0 atom stereocenters. The van der Waals surface area contributed by atoms with Crippen molar-refractivity contribution in [3.05, 3.63) is 236 Å². The van der Waals surface area contributed by atoms with Crippen molar-refractivity contribution in [2.75, 3.05) is 4.90 Å². The van der Waals surface area contributed by atoms with E-state index >= 15 is 0 Å². The van der Waals surface area contributed by atoms with Gasteiger partial charge in [-0.2, -0.15) is 0 Å². The maximum atomic E-state index is 7.24. The van der Waals surface area contributed by atoms with Crippen molar-refractivity contribution in [1.82, 2.24) is 0 Å². The van der Waals surface area contributed by atoms with Gasteiger partial charge in [-0.1, -0.05) is 172 Å². The van der Waals surface area contributed by atoms with Crippen LogP contribution in [0, 0.1) is 0 Å². The Kier molecular flexibility index (Phi) is 9.91. The quantitative estimate of drug-likeness (QED) is 0.144. The van der Waals surface area contributed by atoms with E-state index in [4.69, 9.17) is 4.42 Å². The summed E-state index contributed by atoms with van der Waals surface area (Å²) in [6.07, 6.45) is 0. The molecule has 0 radical (unpaired) electrons. The second kappa shape index (κ2) is 15.8. The van der Waals surface area contributed by atoms with Crippen LogP contribution >= 0.6 is 10.0 Å². The van der Waals surface area contributed by atoms with Gasteiger partial charge in [0.15, 0.2) is 5.58 Å². The fourth-order valence-electron chi connectivity index (χ4n) is 8.88. The predicted molar refractivity (Wildman–Crippen MR) is 258 cm³/mol. The zero-order chi connectivity index (χ0) is 41.4. The summed E-state index contributed by atoms with van der Waals surface area (Å²) in [5.74, 6) is 0. The molecule has 2 nitrogen and oxygen atoms in total. The molecule has 0 spiro atoms. The van der Waals surface area contributed by atoms with Crippen LogP contribution < -0.4 is 4.90 Å². The normalized spacial score (nSPS) is 12.1. The largest absolute Gasteiger partial charge is 0.453 e. The van der Waals surface area contributed by atoms with E-state index < -0.39 is 10.0 Å². The second-order valence-corrected chi connectivity index (χ2v) is 19.6. The van der Waals surface area contributed by atoms with Crippen LogP contribution in [0.4, 0.5) is 17.1 Å². The van der Waals surface area contributed by atoms with Crippen LogP contribution in [0.2, 0.25) is 0 Å². The van der Waals surface area contributed by atoms with E-state index in [1.54, 1.807) is 0 Å². The minimum Gasteiger partial charge on any atom is -0.453 e. The zero-order valence-electron chi connectivity index (χ0n) is 34.7. The predicted octanol–water partition coefficient (Wildman–Crippen LogP) is 17.0. The first-order chi connectivity index (χ1) is 29.9. The molecule has 0 N–H and O–H groups in total. The van der Waals surface area contributed by atoms with Crippen molar-refractivity contribution in [3.63, 3.8) is 0 Å². The van der Waals surface area contributed by atoms with Crippen LogP contribution in [0.1, 0.15) is 26.3 Å². The summed E-state index contributed by atoms with van der Waals surface area (Å²) < 4.78 is 7.24. The lowest BCUT2D eigenvalue weighted by Gasteiger charge is -2.42. The number of para-hydroxylation sites is 1. The third-order valence-electron chi connectivity index (χ3n) is 11.7. The summed E-state index contributed by atoms with van der Waals surface area (Å²) in [7, 11) is -1.86. The fraction of sp³-hybridized carbons (Fsp3) is 0.0690. The third kappa shape index (κ3) is 6.82. The average Bonchev–Trinajstić information content (AvgIpc) is 3.72. The Morgan fingerprint density at radius 3 is 1.33 bits per heavy atom. The minimum atomic E-state index is -1.86. The van der Waals surface area contributed by atoms with Gasteiger partial charge in [0.05, 0.1) is 5.69 Å². The zero-order valence-corrected chi connectivity index (χ0v) is 35.5. The van der Waals surface area contributed by atoms with Crippen LogP contribution in [0.15, 0.2) is 255 Å². The average molecular weight is 806 g/mol. The standard InChI is InChI=1S/C58H47NOS/c1-58(2,3)53-40-41-54(57-55(53)52-31-19-30-51(56(52)60-57)44-22-11-5-12-23-44)59(45-34-32-43(33-35-45)42-20-9-4-10-21-42)46-36-38-50(39-37-46)61(47-24-13-6-14-25-47,48-26-15-7-16-27-48)49-28-17-8-18-29-49/h4-41H,1-3H3. The molecule has 1 aromatic heterocycles. The Bertz CT molecular complexity index is 2970. The second-order valence-electron chi connectivity index (χ2n) is 16.5. The highest BCUT2D eigenvalue weighted by Crippen LogP contribution is 2.73. The van der Waals surface area contributed by atoms with E-state index in [-0.39, 0.29) is 5.41 Å². The smallest absolute Gasteiger partial charge is 0.159 e. The molecule has 0 saturated heterocycles. The van der Waals surface area contributed by atoms with Gasteiger partial charge < -0.3 is 9.32 Å². The van der Waals surface area contributed by atoms with Crippen molar-refractivity contribution >= 4 is 49.0 Å². The van der Waals surface area contributed by atoms with Crippen LogP contribution in [0.25, 0.3) is 44.2 Å². The summed E-state index contributed by atoms with van der Waals surface area (Å²) in [5, 5.41) is 2.28. The first kappa shape index (κ1) is 38.2. The highest BCUT2D eigenvalue weighted by molar-refractivity contribution is 8.34. The first-order valence-electron chi connectivity index (χ1n) is 21.0. The van der Waals surface area contributed by atoms with E-state index in [1.165, 1.54) is 36.3 Å². The molecule has 0 saturated carbocycles. The summed E-state index contributed by atoms with van der Waals surface area (Å²) in [6.45, 7) is 6.88. The molecule has 1 heterocycles. The molecule has 0 aliphatic heterocycles. The van der Waals surface area contributed by atoms with E-state index in [9.17, 15) is 0 Å². The van der Waals surface area contributed by atoms with Gasteiger partial charge in [0.25, 0.3) is 0 Å². The van der Waals surface area contributed by atoms with Gasteiger partial charge in [-0.3, -0.25) is 0 Å². The van der Waals surface area contributed by atoms with Crippen molar-refractivity contribution in [2.45, 2.75) is 45.8 Å². The Morgan fingerprint density at radius 2 is 0.820 bits per heavy atom. The molecule has 61 heavy (non-hydrogen) atoms. The minimum absolute atomic E-state index is 0.126. The van der Waals surface area contributed by atoms with Crippen molar-refractivity contribution in [1.29, 1.82) is 0 Å². The maximum Gasteiger partial charge on any atom is 0.159 e. The van der Waals surface area contributed by atoms with Crippen LogP contribution in [-0.4, -0.2) is 0 Å². The van der Waals surface area contributed by atoms with Gasteiger partial charge in [0.1, 0.15) is 5.58 Å². The Labute approximate surface area is 360 Å². The highest BCUT2D eigenvalue weighted by atomic mass is 32.3. The fourth-order valence-corrected chi connectivity index (χ4v) is 12.8. The Hall–Kier alpha value is -7.07. The summed E-state index contributed by atoms with van der Waals surface area (Å²) in [6, 6.07) is 83.7. The number of benzene rings is 9. The number of furan rings is 1. The molecular weight excluding hydrogens is 759 g/mol. The number of hydrogen-bond acceptors (Lipinski definition) is 2. The SMILES string of the molecule is CC(C)(C)c1ccc(N(c2ccc(-c3ccccc3)cc2)c2ccc(S(c3ccccc3)(c3ccccc3)c3ccccc3)cc2)c2oc3c(-c4ccccc4)cccc3c12. The molecule has 0 unspecified atom stereocenters. The lowest BCUT2D eigenvalue weighted by atomic mass is 9.83. The number of rotatable bonds is 9. The highest BCUT2D eigenvalue weighted by Gasteiger charge is 2.34. The van der Waals surface area contributed by atoms with E-state index in [2.05, 4.69) is 256 Å². The Balaban J connectivity index is 1.22. The summed E-state index contributed by atoms with van der Waals surface area (Å²) in [4.78, 5) is 7.53. The summed E-state index contributed by atoms with van der Waals surface area (Å²) >= 11 is 0. The molecule has 10 rings (SSSR count). The van der Waals surface area contributed by atoms with Gasteiger partial charge in [-0.15, -0.1) is 10.0 Å². The monoisotopic (exact) mass is 805 g/mol. The maximum absolute atomic E-state index is 7.24. The van der Waals surface area contributed by atoms with Gasteiger partial charge >= 0.3 is 0 Å². The van der Waals surface area contributed by atoms with E-state index in [0.717, 1.165) is 50.1 Å². The van der Waals surface area contributed by atoms with E-state index in [1.807, 2.05) is 0 Å². The molecule has 0 bridgehead atoms. The van der Waals surface area contributed by atoms with Gasteiger partial charge in [0.2, 0.25) is 0 Å². The number of anilines is 3. The topological polar surface area (TPSA) is 16.4 Å². The van der Waals surface area contributed by atoms with Crippen LogP contribution in [0.3, 0.4) is 0 Å². The lowest BCUT2D eigenvalue weighted by Crippen LogP contribution is -2.14. The first-order valence-corrected chi connectivity index (χ1v) is 22.6. The van der Waals surface area contributed by atoms with Crippen molar-refractivity contribution < 1.29 is 4.42 Å². The molecule has 10 aromatic rings. The van der Waals surface area contributed by atoms with Crippen LogP contribution in [-0.2, 0) is 5.41 Å². The summed E-state index contributed by atoms with van der Waals surface area (Å²) in [5.41, 5.74) is 10.6. The third-order valence-corrected chi connectivity index (χ3v) is 15.6. The molecule has 0 aliphatic carbocycles. The molecular formula is C58H47NOS. The molecule has 296 valence electrons. The van der Waals surface area contributed by atoms with Gasteiger partial charge in [-0.25, -0.2) is 0 Å². The van der Waals surface area contributed by atoms with Crippen LogP contribution in [0.5, 0.6) is 0 Å². The number of nitrogens with zero attached hydrogens (tertiary/aromatic N) is 1. The lowest BCUT2D eigenvalue weighted by molar-refractivity contribution is 0.595. The van der Waals surface area contributed by atoms with Crippen molar-refractivity contribution in [2.24, 2.45) is 0 Å². The molecule has 0 aliphatic rings. The number of fused-ring (bicyclic) bond motifs is 3. The molecule has 9 aromatic carbocycles. The van der Waals surface area contributed by atoms with Gasteiger partial charge in [0, 0.05) is 47.3 Å².